The molecule has 3 aliphatic carbocycles. The van der Waals surface area contributed by atoms with Crippen LogP contribution in [0.4, 0.5) is 17.1 Å². The number of hydrogen-bond acceptors (Lipinski definition) is 7. The second-order valence-electron chi connectivity index (χ2n) is 13.0. The van der Waals surface area contributed by atoms with E-state index in [0.29, 0.717) is 23.0 Å². The van der Waals surface area contributed by atoms with E-state index >= 15 is 0 Å². The maximum absolute atomic E-state index is 11.1. The van der Waals surface area contributed by atoms with Crippen LogP contribution in [0.3, 0.4) is 0 Å². The van der Waals surface area contributed by atoms with Gasteiger partial charge >= 0.3 is 0 Å². The van der Waals surface area contributed by atoms with Crippen LogP contribution < -0.4 is 10.0 Å². The lowest BCUT2D eigenvalue weighted by Gasteiger charge is -2.63. The molecule has 196 valence electrons. The van der Waals surface area contributed by atoms with E-state index in [1.165, 1.54) is 25.7 Å². The minimum atomic E-state index is -1.46. The predicted octanol–water partition coefficient (Wildman–Crippen LogP) is 3.53. The minimum Gasteiger partial charge on any atom is -0.863 e. The third-order valence-electron chi connectivity index (χ3n) is 11.0. The zero-order chi connectivity index (χ0) is 26.4. The number of nitrogens with one attached hydrogen (secondary N) is 1. The minimum absolute atomic E-state index is 0.384. The average molecular weight is 503 g/mol. The molecule has 1 unspecified atom stereocenters. The van der Waals surface area contributed by atoms with E-state index in [4.69, 9.17) is 0 Å². The first-order chi connectivity index (χ1) is 16.7. The van der Waals surface area contributed by atoms with Crippen LogP contribution in [0, 0.1) is 58.4 Å². The lowest BCUT2D eigenvalue weighted by atomic mass is 9.40. The number of fused-ring (bicyclic) bond motifs is 1. The summed E-state index contributed by atoms with van der Waals surface area (Å²) in [5.74, 6) is 0.616. The number of piperidine rings is 2. The third kappa shape index (κ3) is 3.34. The van der Waals surface area contributed by atoms with Crippen LogP contribution in [0.15, 0.2) is 12.1 Å². The first kappa shape index (κ1) is 24.9. The van der Waals surface area contributed by atoms with Gasteiger partial charge in [-0.05, 0) is 55.3 Å². The molecule has 1 aromatic carbocycles. The molecular formula is C25H34N4O7. The van der Waals surface area contributed by atoms with Crippen molar-refractivity contribution in [2.75, 3.05) is 6.54 Å². The highest BCUT2D eigenvalue weighted by Gasteiger charge is 2.82. The van der Waals surface area contributed by atoms with Crippen molar-refractivity contribution in [1.82, 2.24) is 0 Å². The molecule has 3 saturated heterocycles. The topological polar surface area (TPSA) is 157 Å². The average Bonchev–Trinajstić information content (AvgIpc) is 3.22. The molecule has 0 amide bonds. The summed E-state index contributed by atoms with van der Waals surface area (Å²) < 4.78 is 0. The summed E-state index contributed by atoms with van der Waals surface area (Å²) in [7, 11) is 0. The molecule has 3 aliphatic heterocycles. The number of nitrogens with zero attached hydrogens (tertiary/aromatic N) is 3. The van der Waals surface area contributed by atoms with Crippen molar-refractivity contribution < 1.29 is 24.8 Å². The van der Waals surface area contributed by atoms with E-state index in [1.807, 2.05) is 4.90 Å². The van der Waals surface area contributed by atoms with E-state index in [0.717, 1.165) is 28.8 Å². The molecule has 11 heteroatoms. The monoisotopic (exact) mass is 502 g/mol. The SMILES string of the molecule is CC1(C)CCC[C@]2(C)[C@@H]1CC[C@@]13C[NH+]4[C@@H](C[C@H]12)[C@@]4(C)C3.O=[N+]([O-])c1cc([N+](=O)[O-])c([O-])c([N+](=O)[O-])c1. The molecule has 11 nitrogen and oxygen atoms in total. The Hall–Kier alpha value is -2.82. The molecule has 36 heavy (non-hydrogen) atoms. The molecule has 1 spiro atoms. The number of hydrogen-bond donors (Lipinski definition) is 1. The number of non-ortho nitro benzene ring substituents is 1. The van der Waals surface area contributed by atoms with Gasteiger partial charge in [0.05, 0.1) is 39.2 Å². The fraction of sp³-hybridized carbons (Fsp3) is 0.760. The van der Waals surface area contributed by atoms with Crippen LogP contribution in [0.2, 0.25) is 0 Å². The molecule has 3 heterocycles. The maximum atomic E-state index is 11.1. The van der Waals surface area contributed by atoms with Crippen LogP contribution in [-0.2, 0) is 0 Å². The second-order valence-corrected chi connectivity index (χ2v) is 13.0. The maximum Gasteiger partial charge on any atom is 0.283 e. The van der Waals surface area contributed by atoms with Crippen molar-refractivity contribution in [2.45, 2.75) is 84.2 Å². The Kier molecular flexibility index (Phi) is 5.24. The summed E-state index contributed by atoms with van der Waals surface area (Å²) in [6.45, 7) is 12.0. The quantitative estimate of drug-likeness (QED) is 0.376. The molecule has 7 atom stereocenters. The second kappa shape index (κ2) is 7.60. The van der Waals surface area contributed by atoms with Gasteiger partial charge in [-0.1, -0.05) is 27.2 Å². The summed E-state index contributed by atoms with van der Waals surface area (Å²) in [4.78, 5) is 29.5. The normalized spacial score (nSPS) is 40.7. The first-order valence-electron chi connectivity index (χ1n) is 12.8. The van der Waals surface area contributed by atoms with Crippen molar-refractivity contribution in [2.24, 2.45) is 28.1 Å². The Morgan fingerprint density at radius 2 is 1.50 bits per heavy atom. The lowest BCUT2D eigenvalue weighted by Crippen LogP contribution is -2.99. The van der Waals surface area contributed by atoms with Gasteiger partial charge in [0.15, 0.2) is 0 Å². The van der Waals surface area contributed by atoms with Gasteiger partial charge in [-0.15, -0.1) is 0 Å². The van der Waals surface area contributed by atoms with Gasteiger partial charge in [-0.3, -0.25) is 30.3 Å². The highest BCUT2D eigenvalue weighted by atomic mass is 16.6. The van der Waals surface area contributed by atoms with Crippen LogP contribution in [0.5, 0.6) is 5.75 Å². The first-order valence-corrected chi connectivity index (χ1v) is 12.8. The van der Waals surface area contributed by atoms with Crippen molar-refractivity contribution in [3.8, 4) is 5.75 Å². The third-order valence-corrected chi connectivity index (χ3v) is 11.0. The molecule has 6 aliphatic rings. The Balaban J connectivity index is 0.000000153. The van der Waals surface area contributed by atoms with E-state index in [2.05, 4.69) is 27.7 Å². The van der Waals surface area contributed by atoms with Gasteiger partial charge in [0.1, 0.15) is 11.6 Å². The molecular weight excluding hydrogens is 468 g/mol. The molecule has 7 rings (SSSR count). The summed E-state index contributed by atoms with van der Waals surface area (Å²) in [5.41, 5.74) is -0.494. The van der Waals surface area contributed by atoms with Crippen LogP contribution in [0.1, 0.15) is 72.6 Å². The van der Waals surface area contributed by atoms with E-state index in [9.17, 15) is 35.4 Å². The molecule has 0 radical (unpaired) electrons. The van der Waals surface area contributed by atoms with Gasteiger partial charge in [0.2, 0.25) is 0 Å². The van der Waals surface area contributed by atoms with E-state index in [-0.39, 0.29) is 0 Å². The van der Waals surface area contributed by atoms with Crippen LogP contribution >= 0.6 is 0 Å². The van der Waals surface area contributed by atoms with Crippen molar-refractivity contribution >= 4 is 17.1 Å². The fourth-order valence-electron chi connectivity index (χ4n) is 9.54. The van der Waals surface area contributed by atoms with Crippen molar-refractivity contribution in [1.29, 1.82) is 0 Å². The fourth-order valence-corrected chi connectivity index (χ4v) is 9.54. The molecule has 1 N–H and O–H groups in total. The molecule has 3 saturated carbocycles. The summed E-state index contributed by atoms with van der Waals surface area (Å²) >= 11 is 0. The number of rotatable bonds is 3. The Morgan fingerprint density at radius 1 is 0.889 bits per heavy atom. The van der Waals surface area contributed by atoms with Crippen LogP contribution in [-0.4, -0.2) is 32.9 Å². The predicted molar refractivity (Wildman–Crippen MR) is 127 cm³/mol. The zero-order valence-electron chi connectivity index (χ0n) is 21.2. The zero-order valence-corrected chi connectivity index (χ0v) is 21.2. The van der Waals surface area contributed by atoms with Gasteiger partial charge in [0.25, 0.3) is 17.1 Å². The highest BCUT2D eigenvalue weighted by Crippen LogP contribution is 2.70. The highest BCUT2D eigenvalue weighted by molar-refractivity contribution is 5.64. The van der Waals surface area contributed by atoms with Crippen molar-refractivity contribution in [3.05, 3.63) is 42.5 Å². The standard InChI is InChI=1S/C19H31N.C6H3N3O7/c1-16(2)7-5-8-17(3)13(16)6-9-19-11-18(4)15(10-14(17)19)20(18)12-19;10-6-4(8(13)14)1-3(7(11)12)2-5(6)9(15)16/h13-15H,5-12H2,1-4H3;1-2,10H/t13-,14+,15+,17-,18-,19-,20?;/m1./s1. The van der Waals surface area contributed by atoms with Crippen LogP contribution in [0.25, 0.3) is 0 Å². The molecule has 6 fully saturated rings. The lowest BCUT2D eigenvalue weighted by molar-refractivity contribution is -0.803. The largest absolute Gasteiger partial charge is 0.863 e. The van der Waals surface area contributed by atoms with Gasteiger partial charge < -0.3 is 10.0 Å². The Morgan fingerprint density at radius 3 is 2.00 bits per heavy atom. The molecule has 4 bridgehead atoms. The summed E-state index contributed by atoms with van der Waals surface area (Å²) in [6.07, 6.45) is 10.8. The number of benzene rings is 1. The van der Waals surface area contributed by atoms with E-state index < -0.39 is 37.6 Å². The number of nitro groups is 3. The van der Waals surface area contributed by atoms with Gasteiger partial charge in [-0.2, -0.15) is 0 Å². The Bertz CT molecular complexity index is 1140. The molecule has 1 aromatic rings. The molecule has 0 aromatic heterocycles. The van der Waals surface area contributed by atoms with Gasteiger partial charge in [-0.25, -0.2) is 0 Å². The van der Waals surface area contributed by atoms with Gasteiger partial charge in [0, 0.05) is 18.3 Å². The van der Waals surface area contributed by atoms with Crippen molar-refractivity contribution in [3.63, 3.8) is 0 Å². The summed E-state index contributed by atoms with van der Waals surface area (Å²) in [6, 6.07) is 1.82. The number of nitro benzene ring substituents is 3. The smallest absolute Gasteiger partial charge is 0.283 e. The number of quaternary nitrogens is 1. The summed E-state index contributed by atoms with van der Waals surface area (Å²) in [5, 5.41) is 42.1. The van der Waals surface area contributed by atoms with E-state index in [1.54, 1.807) is 25.8 Å². The Labute approximate surface area is 209 Å².